The van der Waals surface area contributed by atoms with Crippen LogP contribution in [0.2, 0.25) is 0 Å². The maximum absolute atomic E-state index is 12.2. The van der Waals surface area contributed by atoms with Gasteiger partial charge in [0.05, 0.1) is 13.1 Å². The molecular weight excluding hydrogens is 338 g/mol. The number of carbonyl (C=O) groups excluding carboxylic acids is 2. The van der Waals surface area contributed by atoms with E-state index in [1.165, 1.54) is 6.92 Å². The summed E-state index contributed by atoms with van der Waals surface area (Å²) >= 11 is 0. The molecule has 0 unspecified atom stereocenters. The number of rotatable bonds is 8. The largest absolute Gasteiger partial charge is 0.344 e. The van der Waals surface area contributed by atoms with Gasteiger partial charge in [-0.1, -0.05) is 48.4 Å². The molecule has 0 saturated carbocycles. The van der Waals surface area contributed by atoms with Gasteiger partial charge >= 0.3 is 0 Å². The number of amides is 2. The summed E-state index contributed by atoms with van der Waals surface area (Å²) in [5.41, 5.74) is 2.87. The molecule has 1 atom stereocenters. The van der Waals surface area contributed by atoms with Crippen molar-refractivity contribution in [1.29, 1.82) is 0 Å². The van der Waals surface area contributed by atoms with E-state index >= 15 is 0 Å². The first-order valence-corrected chi connectivity index (χ1v) is 8.85. The number of hydrogen-bond acceptors (Lipinski definition) is 3. The summed E-state index contributed by atoms with van der Waals surface area (Å²) in [7, 11) is 0. The second kappa shape index (κ2) is 10.1. The fraction of sp³-hybridized carbons (Fsp3) is 0.273. The summed E-state index contributed by atoms with van der Waals surface area (Å²) in [6.45, 7) is 4.58. The summed E-state index contributed by atoms with van der Waals surface area (Å²) in [6, 6.07) is 17.6. The van der Waals surface area contributed by atoms with Crippen molar-refractivity contribution in [1.82, 2.24) is 10.2 Å². The molecular formula is C22H25N3O2. The van der Waals surface area contributed by atoms with Gasteiger partial charge < -0.3 is 10.6 Å². The standard InChI is InChI=1S/C22H25N3O2/c1-4-13-23-22(27)16-25(15-19-9-6-5-7-10-19)17(2)20-11-8-12-21(14-20)24-18(3)26/h1,5-12,14,17H,13,15-16H2,2-3H3,(H,23,27)(H,24,26)/t17-/m0/s1. The third-order valence-corrected chi connectivity index (χ3v) is 4.20. The van der Waals surface area contributed by atoms with Crippen LogP contribution in [0, 0.1) is 12.3 Å². The quantitative estimate of drug-likeness (QED) is 0.709. The van der Waals surface area contributed by atoms with E-state index in [4.69, 9.17) is 6.42 Å². The number of nitrogens with zero attached hydrogens (tertiary/aromatic N) is 1. The normalized spacial score (nSPS) is 11.5. The molecule has 5 heteroatoms. The Morgan fingerprint density at radius 1 is 1.15 bits per heavy atom. The molecule has 0 aliphatic rings. The Morgan fingerprint density at radius 2 is 1.89 bits per heavy atom. The van der Waals surface area contributed by atoms with Crippen molar-refractivity contribution in [2.75, 3.05) is 18.4 Å². The minimum Gasteiger partial charge on any atom is -0.344 e. The molecule has 2 N–H and O–H groups in total. The monoisotopic (exact) mass is 363 g/mol. The maximum Gasteiger partial charge on any atom is 0.234 e. The van der Waals surface area contributed by atoms with Gasteiger partial charge in [0.1, 0.15) is 0 Å². The molecule has 0 aliphatic carbocycles. The van der Waals surface area contributed by atoms with Crippen molar-refractivity contribution in [3.05, 3.63) is 65.7 Å². The molecule has 0 bridgehead atoms. The van der Waals surface area contributed by atoms with Gasteiger partial charge in [0.2, 0.25) is 11.8 Å². The number of terminal acetylenes is 1. The highest BCUT2D eigenvalue weighted by molar-refractivity contribution is 5.88. The number of benzene rings is 2. The number of anilines is 1. The highest BCUT2D eigenvalue weighted by Crippen LogP contribution is 2.24. The average molecular weight is 363 g/mol. The molecule has 2 aromatic carbocycles. The Morgan fingerprint density at radius 3 is 2.56 bits per heavy atom. The van der Waals surface area contributed by atoms with Gasteiger partial charge in [0.15, 0.2) is 0 Å². The lowest BCUT2D eigenvalue weighted by molar-refractivity contribution is -0.122. The molecule has 5 nitrogen and oxygen atoms in total. The van der Waals surface area contributed by atoms with Crippen molar-refractivity contribution in [2.24, 2.45) is 0 Å². The van der Waals surface area contributed by atoms with Gasteiger partial charge in [-0.25, -0.2) is 0 Å². The van der Waals surface area contributed by atoms with Crippen molar-refractivity contribution in [3.63, 3.8) is 0 Å². The number of nitrogens with one attached hydrogen (secondary N) is 2. The van der Waals surface area contributed by atoms with Crippen LogP contribution in [0.25, 0.3) is 0 Å². The Labute approximate surface area is 160 Å². The van der Waals surface area contributed by atoms with Crippen molar-refractivity contribution < 1.29 is 9.59 Å². The van der Waals surface area contributed by atoms with Crippen LogP contribution in [0.3, 0.4) is 0 Å². The van der Waals surface area contributed by atoms with Crippen LogP contribution < -0.4 is 10.6 Å². The molecule has 2 aromatic rings. The summed E-state index contributed by atoms with van der Waals surface area (Å²) in [6.07, 6.45) is 5.23. The van der Waals surface area contributed by atoms with E-state index in [2.05, 4.69) is 21.5 Å². The van der Waals surface area contributed by atoms with Crippen molar-refractivity contribution >= 4 is 17.5 Å². The Kier molecular flexibility index (Phi) is 7.60. The highest BCUT2D eigenvalue weighted by Gasteiger charge is 2.19. The zero-order valence-corrected chi connectivity index (χ0v) is 15.7. The maximum atomic E-state index is 12.2. The minimum atomic E-state index is -0.117. The second-order valence-corrected chi connectivity index (χ2v) is 6.35. The lowest BCUT2D eigenvalue weighted by atomic mass is 10.0. The third-order valence-electron chi connectivity index (χ3n) is 4.20. The summed E-state index contributed by atoms with van der Waals surface area (Å²) < 4.78 is 0. The fourth-order valence-corrected chi connectivity index (χ4v) is 2.83. The molecule has 0 aliphatic heterocycles. The third kappa shape index (κ3) is 6.61. The smallest absolute Gasteiger partial charge is 0.234 e. The van der Waals surface area contributed by atoms with Crippen LogP contribution in [0.1, 0.15) is 31.0 Å². The molecule has 27 heavy (non-hydrogen) atoms. The van der Waals surface area contributed by atoms with Gasteiger partial charge in [-0.2, -0.15) is 0 Å². The predicted molar refractivity (Wildman–Crippen MR) is 108 cm³/mol. The van der Waals surface area contributed by atoms with Crippen molar-refractivity contribution in [2.45, 2.75) is 26.4 Å². The number of carbonyl (C=O) groups is 2. The minimum absolute atomic E-state index is 0.0319. The first-order valence-electron chi connectivity index (χ1n) is 8.85. The van der Waals surface area contributed by atoms with E-state index in [9.17, 15) is 9.59 Å². The Bertz CT molecular complexity index is 812. The molecule has 0 saturated heterocycles. The molecule has 2 rings (SSSR count). The van der Waals surface area contributed by atoms with E-state index in [0.717, 1.165) is 16.8 Å². The molecule has 2 amide bonds. The highest BCUT2D eigenvalue weighted by atomic mass is 16.2. The zero-order chi connectivity index (χ0) is 19.6. The summed E-state index contributed by atoms with van der Waals surface area (Å²) in [4.78, 5) is 25.6. The van der Waals surface area contributed by atoms with E-state index in [1.807, 2.05) is 61.5 Å². The van der Waals surface area contributed by atoms with Gasteiger partial charge in [0.25, 0.3) is 0 Å². The van der Waals surface area contributed by atoms with Crippen LogP contribution in [-0.2, 0) is 16.1 Å². The molecule has 0 aromatic heterocycles. The first kappa shape index (κ1) is 20.2. The predicted octanol–water partition coefficient (Wildman–Crippen LogP) is 2.96. The molecule has 140 valence electrons. The van der Waals surface area contributed by atoms with Crippen LogP contribution >= 0.6 is 0 Å². The first-order chi connectivity index (χ1) is 13.0. The summed E-state index contributed by atoms with van der Waals surface area (Å²) in [5.74, 6) is 2.18. The van der Waals surface area contributed by atoms with E-state index in [-0.39, 0.29) is 30.9 Å². The Balaban J connectivity index is 2.21. The van der Waals surface area contributed by atoms with Gasteiger partial charge in [-0.05, 0) is 30.2 Å². The van der Waals surface area contributed by atoms with Crippen LogP contribution in [0.15, 0.2) is 54.6 Å². The lowest BCUT2D eigenvalue weighted by Gasteiger charge is -2.29. The molecule has 0 radical (unpaired) electrons. The molecule has 0 fully saturated rings. The summed E-state index contributed by atoms with van der Waals surface area (Å²) in [5, 5.41) is 5.52. The van der Waals surface area contributed by atoms with Crippen LogP contribution in [-0.4, -0.2) is 29.8 Å². The van der Waals surface area contributed by atoms with E-state index in [0.29, 0.717) is 6.54 Å². The zero-order valence-electron chi connectivity index (χ0n) is 15.7. The number of hydrogen-bond donors (Lipinski definition) is 2. The van der Waals surface area contributed by atoms with Crippen LogP contribution in [0.5, 0.6) is 0 Å². The molecule has 0 spiro atoms. The SMILES string of the molecule is C#CCNC(=O)CN(Cc1ccccc1)[C@@H](C)c1cccc(NC(C)=O)c1. The van der Waals surface area contributed by atoms with Gasteiger partial charge in [-0.15, -0.1) is 6.42 Å². The van der Waals surface area contributed by atoms with E-state index < -0.39 is 0 Å². The van der Waals surface area contributed by atoms with Crippen molar-refractivity contribution in [3.8, 4) is 12.3 Å². The second-order valence-electron chi connectivity index (χ2n) is 6.35. The van der Waals surface area contributed by atoms with Gasteiger partial charge in [0, 0.05) is 25.2 Å². The fourth-order valence-electron chi connectivity index (χ4n) is 2.83. The van der Waals surface area contributed by atoms with Gasteiger partial charge in [-0.3, -0.25) is 14.5 Å². The topological polar surface area (TPSA) is 61.4 Å². The average Bonchev–Trinajstić information content (AvgIpc) is 2.66. The van der Waals surface area contributed by atoms with E-state index in [1.54, 1.807) is 0 Å². The lowest BCUT2D eigenvalue weighted by Crippen LogP contribution is -2.38. The Hall–Kier alpha value is -3.10. The van der Waals surface area contributed by atoms with Crippen LogP contribution in [0.4, 0.5) is 5.69 Å². The molecule has 0 heterocycles.